The van der Waals surface area contributed by atoms with Gasteiger partial charge in [0.25, 0.3) is 0 Å². The lowest BCUT2D eigenvalue weighted by Crippen LogP contribution is -1.87. The molecule has 0 radical (unpaired) electrons. The first-order valence-corrected chi connectivity index (χ1v) is 5.88. The second kappa shape index (κ2) is 10.6. The van der Waals surface area contributed by atoms with E-state index in [-0.39, 0.29) is 0 Å². The Labute approximate surface area is 88.5 Å². The normalized spacial score (nSPS) is 9.64. The Morgan fingerprint density at radius 2 is 1.86 bits per heavy atom. The number of rotatable bonds is 8. The molecule has 0 aliphatic carbocycles. The number of allylic oxidation sites excluding steroid dienone is 1. The Morgan fingerprint density at radius 1 is 1.14 bits per heavy atom. The van der Waals surface area contributed by atoms with Gasteiger partial charge in [0.2, 0.25) is 0 Å². The number of hydrogen-bond acceptors (Lipinski definition) is 1. The molecule has 0 aromatic heterocycles. The monoisotopic (exact) mass is 196 g/mol. The van der Waals surface area contributed by atoms with Crippen LogP contribution >= 0.6 is 0 Å². The zero-order valence-corrected chi connectivity index (χ0v) is 9.68. The topological polar surface area (TPSA) is 20.2 Å². The van der Waals surface area contributed by atoms with E-state index in [0.29, 0.717) is 6.61 Å². The third-order valence-corrected chi connectivity index (χ3v) is 2.21. The second-order valence-electron chi connectivity index (χ2n) is 3.67. The minimum atomic E-state index is 0.297. The van der Waals surface area contributed by atoms with Crippen LogP contribution in [0.2, 0.25) is 0 Å². The van der Waals surface area contributed by atoms with E-state index in [1.807, 2.05) is 0 Å². The predicted octanol–water partition coefficient (Wildman–Crippen LogP) is 3.83. The van der Waals surface area contributed by atoms with Crippen molar-refractivity contribution in [1.82, 2.24) is 0 Å². The third-order valence-electron chi connectivity index (χ3n) is 2.21. The average molecular weight is 196 g/mol. The molecule has 0 bridgehead atoms. The van der Waals surface area contributed by atoms with Crippen LogP contribution in [-0.4, -0.2) is 11.7 Å². The molecule has 0 saturated carbocycles. The van der Waals surface area contributed by atoms with E-state index in [0.717, 1.165) is 25.7 Å². The third kappa shape index (κ3) is 8.10. The summed E-state index contributed by atoms with van der Waals surface area (Å²) in [7, 11) is 0. The first-order chi connectivity index (χ1) is 6.85. The zero-order valence-electron chi connectivity index (χ0n) is 9.68. The van der Waals surface area contributed by atoms with Crippen molar-refractivity contribution in [2.24, 2.45) is 0 Å². The van der Waals surface area contributed by atoms with Gasteiger partial charge >= 0.3 is 0 Å². The molecule has 1 heteroatoms. The maximum absolute atomic E-state index is 8.76. The van der Waals surface area contributed by atoms with Crippen molar-refractivity contribution in [1.29, 1.82) is 0 Å². The summed E-state index contributed by atoms with van der Waals surface area (Å²) in [5.74, 6) is 0. The van der Waals surface area contributed by atoms with Crippen LogP contribution in [0.5, 0.6) is 0 Å². The minimum absolute atomic E-state index is 0.297. The fourth-order valence-electron chi connectivity index (χ4n) is 1.31. The van der Waals surface area contributed by atoms with E-state index in [1.54, 1.807) is 0 Å². The summed E-state index contributed by atoms with van der Waals surface area (Å²) in [5.41, 5.74) is 4.75. The highest BCUT2D eigenvalue weighted by Gasteiger charge is 1.95. The summed E-state index contributed by atoms with van der Waals surface area (Å²) in [5, 5.41) is 8.76. The Hall–Kier alpha value is -0.520. The van der Waals surface area contributed by atoms with E-state index in [2.05, 4.69) is 25.7 Å². The predicted molar refractivity (Wildman–Crippen MR) is 62.3 cm³/mol. The van der Waals surface area contributed by atoms with Gasteiger partial charge in [0.1, 0.15) is 0 Å². The highest BCUT2D eigenvalue weighted by atomic mass is 16.2. The molecule has 0 heterocycles. The summed E-state index contributed by atoms with van der Waals surface area (Å²) < 4.78 is 0. The van der Waals surface area contributed by atoms with Crippen LogP contribution in [0.3, 0.4) is 0 Å². The second-order valence-corrected chi connectivity index (χ2v) is 3.67. The summed E-state index contributed by atoms with van der Waals surface area (Å²) in [4.78, 5) is 0. The molecule has 0 atom stereocenters. The van der Waals surface area contributed by atoms with Gasteiger partial charge in [-0.3, -0.25) is 0 Å². The molecule has 1 nitrogen and oxygen atoms in total. The van der Waals surface area contributed by atoms with E-state index in [9.17, 15) is 0 Å². The molecule has 0 aromatic carbocycles. The van der Waals surface area contributed by atoms with Crippen LogP contribution in [0.4, 0.5) is 0 Å². The molecule has 0 unspecified atom stereocenters. The van der Waals surface area contributed by atoms with Gasteiger partial charge in [-0.25, -0.2) is 0 Å². The van der Waals surface area contributed by atoms with Gasteiger partial charge in [0, 0.05) is 6.61 Å². The number of unbranched alkanes of at least 4 members (excludes halogenated alkanes) is 2. The summed E-state index contributed by atoms with van der Waals surface area (Å²) in [6.07, 6.45) is 9.97. The molecule has 0 aromatic rings. The molecule has 0 fully saturated rings. The lowest BCUT2D eigenvalue weighted by Gasteiger charge is -2.01. The SMILES string of the molecule is CCCC=C=C(CCCC)CCCO. The maximum Gasteiger partial charge on any atom is 0.0434 e. The molecule has 1 N–H and O–H groups in total. The molecule has 0 saturated heterocycles. The fourth-order valence-corrected chi connectivity index (χ4v) is 1.31. The van der Waals surface area contributed by atoms with Crippen LogP contribution in [0, 0.1) is 0 Å². The summed E-state index contributed by atoms with van der Waals surface area (Å²) in [6.45, 7) is 4.68. The van der Waals surface area contributed by atoms with Gasteiger partial charge in [-0.15, -0.1) is 5.73 Å². The smallest absolute Gasteiger partial charge is 0.0434 e. The lowest BCUT2D eigenvalue weighted by atomic mass is 10.0. The van der Waals surface area contributed by atoms with Crippen molar-refractivity contribution in [2.45, 2.75) is 58.8 Å². The van der Waals surface area contributed by atoms with E-state index < -0.39 is 0 Å². The van der Waals surface area contributed by atoms with Crippen LogP contribution in [-0.2, 0) is 0 Å². The molecule has 82 valence electrons. The molecule has 0 spiro atoms. The van der Waals surface area contributed by atoms with Crippen molar-refractivity contribution in [3.8, 4) is 0 Å². The van der Waals surface area contributed by atoms with Crippen molar-refractivity contribution < 1.29 is 5.11 Å². The Bertz CT molecular complexity index is 166. The molecule has 0 aliphatic heterocycles. The molecule has 14 heavy (non-hydrogen) atoms. The zero-order chi connectivity index (χ0) is 10.6. The van der Waals surface area contributed by atoms with Gasteiger partial charge in [0.05, 0.1) is 0 Å². The molecular formula is C13H24O. The van der Waals surface area contributed by atoms with Gasteiger partial charge in [-0.1, -0.05) is 26.7 Å². The summed E-state index contributed by atoms with van der Waals surface area (Å²) >= 11 is 0. The average Bonchev–Trinajstić information content (AvgIpc) is 2.21. The van der Waals surface area contributed by atoms with E-state index in [1.165, 1.54) is 24.8 Å². The molecule has 0 aliphatic rings. The number of aliphatic hydroxyl groups excluding tert-OH is 1. The van der Waals surface area contributed by atoms with Crippen LogP contribution in [0.15, 0.2) is 17.4 Å². The Balaban J connectivity index is 4.00. The minimum Gasteiger partial charge on any atom is -0.396 e. The van der Waals surface area contributed by atoms with Gasteiger partial charge in [-0.2, -0.15) is 0 Å². The van der Waals surface area contributed by atoms with E-state index in [4.69, 9.17) is 5.11 Å². The van der Waals surface area contributed by atoms with Crippen molar-refractivity contribution in [3.63, 3.8) is 0 Å². The highest BCUT2D eigenvalue weighted by Crippen LogP contribution is 2.12. The maximum atomic E-state index is 8.76. The highest BCUT2D eigenvalue weighted by molar-refractivity contribution is 5.01. The Kier molecular flexibility index (Phi) is 10.2. The van der Waals surface area contributed by atoms with E-state index >= 15 is 0 Å². The van der Waals surface area contributed by atoms with Gasteiger partial charge in [0.15, 0.2) is 0 Å². The van der Waals surface area contributed by atoms with Crippen molar-refractivity contribution in [3.05, 3.63) is 17.4 Å². The number of aliphatic hydroxyl groups is 1. The standard InChI is InChI=1S/C13H24O/c1-3-5-7-10-13(9-6-4-2)11-8-12-14/h7,14H,3-6,8-9,11-12H2,1-2H3. The largest absolute Gasteiger partial charge is 0.396 e. The Morgan fingerprint density at radius 3 is 2.43 bits per heavy atom. The van der Waals surface area contributed by atoms with Crippen molar-refractivity contribution in [2.75, 3.05) is 6.61 Å². The first kappa shape index (κ1) is 13.5. The molecule has 0 amide bonds. The quantitative estimate of drug-likeness (QED) is 0.585. The fraction of sp³-hybridized carbons (Fsp3) is 0.769. The van der Waals surface area contributed by atoms with Crippen LogP contribution in [0.25, 0.3) is 0 Å². The lowest BCUT2D eigenvalue weighted by molar-refractivity contribution is 0.288. The van der Waals surface area contributed by atoms with Gasteiger partial charge < -0.3 is 5.11 Å². The number of hydrogen-bond donors (Lipinski definition) is 1. The molecular weight excluding hydrogens is 172 g/mol. The van der Waals surface area contributed by atoms with Crippen LogP contribution in [0.1, 0.15) is 58.8 Å². The first-order valence-electron chi connectivity index (χ1n) is 5.88. The van der Waals surface area contributed by atoms with Crippen molar-refractivity contribution >= 4 is 0 Å². The summed E-state index contributed by atoms with van der Waals surface area (Å²) in [6, 6.07) is 0. The van der Waals surface area contributed by atoms with Crippen LogP contribution < -0.4 is 0 Å². The molecule has 0 rings (SSSR count). The van der Waals surface area contributed by atoms with Gasteiger partial charge in [-0.05, 0) is 43.8 Å².